The van der Waals surface area contributed by atoms with Crippen LogP contribution in [0.25, 0.3) is 0 Å². The van der Waals surface area contributed by atoms with Gasteiger partial charge in [-0.05, 0) is 12.3 Å². The van der Waals surface area contributed by atoms with Crippen molar-refractivity contribution in [2.24, 2.45) is 0 Å². The number of carbonyl (C=O) groups excluding carboxylic acids is 1. The summed E-state index contributed by atoms with van der Waals surface area (Å²) in [6, 6.07) is 0. The third kappa shape index (κ3) is 1.97. The average Bonchev–Trinajstić information content (AvgIpc) is 2.48. The number of nitrogens with zero attached hydrogens (tertiary/aromatic N) is 1. The average molecular weight is 176 g/mol. The molecule has 0 aliphatic rings. The molecule has 0 saturated carbocycles. The van der Waals surface area contributed by atoms with E-state index < -0.39 is 0 Å². The molecule has 0 radical (unpaired) electrons. The number of hydrogen-bond acceptors (Lipinski definition) is 2. The Morgan fingerprint density at radius 2 is 2.38 bits per heavy atom. The van der Waals surface area contributed by atoms with Gasteiger partial charge in [0.15, 0.2) is 5.78 Å². The van der Waals surface area contributed by atoms with Crippen molar-refractivity contribution in [2.75, 3.05) is 0 Å². The molecular formula is C10H12N2O. The summed E-state index contributed by atoms with van der Waals surface area (Å²) in [6.45, 7) is 3.51. The monoisotopic (exact) mass is 176 g/mol. The lowest BCUT2D eigenvalue weighted by molar-refractivity contribution is 0.101. The standard InChI is InChI=1S/C10H12N2O/c1-4-6-9-11-8(5-2)10(12-9)7(3)13/h2H,4,6H2,1,3H3,(H,11,12). The number of carbonyl (C=O) groups is 1. The number of aromatic nitrogens is 2. The Balaban J connectivity index is 3.06. The number of Topliss-reactive ketones (excluding diaryl/α,β-unsaturated/α-hetero) is 1. The van der Waals surface area contributed by atoms with E-state index in [9.17, 15) is 4.79 Å². The Labute approximate surface area is 77.6 Å². The van der Waals surface area contributed by atoms with Crippen molar-refractivity contribution in [3.05, 3.63) is 17.2 Å². The molecule has 1 N–H and O–H groups in total. The lowest BCUT2D eigenvalue weighted by Crippen LogP contribution is -1.95. The molecule has 68 valence electrons. The molecule has 1 aromatic rings. The summed E-state index contributed by atoms with van der Waals surface area (Å²) >= 11 is 0. The molecule has 3 heteroatoms. The smallest absolute Gasteiger partial charge is 0.181 e. The van der Waals surface area contributed by atoms with Crippen LogP contribution in [0.2, 0.25) is 0 Å². The fraction of sp³-hybridized carbons (Fsp3) is 0.400. The Hall–Kier alpha value is -1.56. The number of imidazole rings is 1. The minimum atomic E-state index is -0.0912. The second-order valence-electron chi connectivity index (χ2n) is 2.86. The number of ketones is 1. The van der Waals surface area contributed by atoms with E-state index in [2.05, 4.69) is 15.9 Å². The summed E-state index contributed by atoms with van der Waals surface area (Å²) in [6.07, 6.45) is 7.03. The number of hydrogen-bond donors (Lipinski definition) is 1. The number of nitrogens with one attached hydrogen (secondary N) is 1. The first-order valence-corrected chi connectivity index (χ1v) is 4.25. The minimum Gasteiger partial charge on any atom is -0.335 e. The van der Waals surface area contributed by atoms with Crippen molar-refractivity contribution in [3.63, 3.8) is 0 Å². The molecule has 1 rings (SSSR count). The molecule has 3 nitrogen and oxygen atoms in total. The first kappa shape index (κ1) is 9.53. The minimum absolute atomic E-state index is 0.0912. The predicted octanol–water partition coefficient (Wildman–Crippen LogP) is 1.55. The van der Waals surface area contributed by atoms with Gasteiger partial charge in [-0.25, -0.2) is 4.98 Å². The van der Waals surface area contributed by atoms with Crippen LogP contribution in [0.1, 0.15) is 42.3 Å². The summed E-state index contributed by atoms with van der Waals surface area (Å²) < 4.78 is 0. The van der Waals surface area contributed by atoms with E-state index in [1.807, 2.05) is 6.92 Å². The van der Waals surface area contributed by atoms with Gasteiger partial charge in [-0.2, -0.15) is 0 Å². The van der Waals surface area contributed by atoms with Crippen molar-refractivity contribution in [3.8, 4) is 12.3 Å². The van der Waals surface area contributed by atoms with E-state index >= 15 is 0 Å². The largest absolute Gasteiger partial charge is 0.335 e. The van der Waals surface area contributed by atoms with E-state index in [1.54, 1.807) is 0 Å². The van der Waals surface area contributed by atoms with Crippen LogP contribution in [0.4, 0.5) is 0 Å². The zero-order valence-corrected chi connectivity index (χ0v) is 7.85. The zero-order valence-electron chi connectivity index (χ0n) is 7.85. The quantitative estimate of drug-likeness (QED) is 0.561. The molecule has 0 aromatic carbocycles. The van der Waals surface area contributed by atoms with Crippen molar-refractivity contribution < 1.29 is 4.79 Å². The summed E-state index contributed by atoms with van der Waals surface area (Å²) in [5.41, 5.74) is 0.877. The summed E-state index contributed by atoms with van der Waals surface area (Å²) in [5, 5.41) is 0. The van der Waals surface area contributed by atoms with Gasteiger partial charge in [0.25, 0.3) is 0 Å². The van der Waals surface area contributed by atoms with E-state index in [-0.39, 0.29) is 5.78 Å². The van der Waals surface area contributed by atoms with E-state index in [1.165, 1.54) is 6.92 Å². The van der Waals surface area contributed by atoms with Gasteiger partial charge in [0.05, 0.1) is 0 Å². The van der Waals surface area contributed by atoms with Gasteiger partial charge in [0, 0.05) is 13.3 Å². The van der Waals surface area contributed by atoms with E-state index in [0.717, 1.165) is 18.7 Å². The second-order valence-corrected chi connectivity index (χ2v) is 2.86. The molecule has 0 saturated heterocycles. The number of rotatable bonds is 3. The van der Waals surface area contributed by atoms with Crippen LogP contribution in [0.15, 0.2) is 0 Å². The van der Waals surface area contributed by atoms with Crippen LogP contribution in [-0.4, -0.2) is 15.8 Å². The van der Waals surface area contributed by atoms with Gasteiger partial charge in [-0.1, -0.05) is 6.92 Å². The fourth-order valence-electron chi connectivity index (χ4n) is 1.14. The SMILES string of the molecule is C#Cc1[nH]c(CCC)nc1C(C)=O. The molecule has 0 aliphatic heterocycles. The maximum absolute atomic E-state index is 11.1. The summed E-state index contributed by atoms with van der Waals surface area (Å²) in [7, 11) is 0. The topological polar surface area (TPSA) is 45.8 Å². The molecule has 0 amide bonds. The zero-order chi connectivity index (χ0) is 9.84. The molecule has 0 spiro atoms. The number of aromatic amines is 1. The third-order valence-corrected chi connectivity index (χ3v) is 1.72. The van der Waals surface area contributed by atoms with Crippen molar-refractivity contribution in [1.29, 1.82) is 0 Å². The Bertz CT molecular complexity index is 357. The molecular weight excluding hydrogens is 164 g/mol. The molecule has 0 unspecified atom stereocenters. The van der Waals surface area contributed by atoms with Gasteiger partial charge in [-0.3, -0.25) is 4.79 Å². The van der Waals surface area contributed by atoms with Gasteiger partial charge < -0.3 is 4.98 Å². The van der Waals surface area contributed by atoms with Crippen molar-refractivity contribution in [1.82, 2.24) is 9.97 Å². The Kier molecular flexibility index (Phi) is 2.86. The molecule has 1 heterocycles. The van der Waals surface area contributed by atoms with Crippen LogP contribution in [0.3, 0.4) is 0 Å². The summed E-state index contributed by atoms with van der Waals surface area (Å²) in [5.74, 6) is 3.12. The van der Waals surface area contributed by atoms with Gasteiger partial charge in [-0.15, -0.1) is 6.42 Å². The van der Waals surface area contributed by atoms with Crippen LogP contribution in [-0.2, 0) is 6.42 Å². The Morgan fingerprint density at radius 1 is 1.69 bits per heavy atom. The molecule has 13 heavy (non-hydrogen) atoms. The highest BCUT2D eigenvalue weighted by atomic mass is 16.1. The van der Waals surface area contributed by atoms with Crippen LogP contribution in [0.5, 0.6) is 0 Å². The maximum atomic E-state index is 11.1. The Morgan fingerprint density at radius 3 is 2.77 bits per heavy atom. The first-order valence-electron chi connectivity index (χ1n) is 4.25. The molecule has 0 fully saturated rings. The molecule has 0 atom stereocenters. The molecule has 1 aromatic heterocycles. The summed E-state index contributed by atoms with van der Waals surface area (Å²) in [4.78, 5) is 18.1. The normalized spacial score (nSPS) is 9.62. The van der Waals surface area contributed by atoms with Gasteiger partial charge in [0.2, 0.25) is 0 Å². The highest BCUT2D eigenvalue weighted by molar-refractivity contribution is 5.94. The third-order valence-electron chi connectivity index (χ3n) is 1.72. The second kappa shape index (κ2) is 3.90. The predicted molar refractivity (Wildman–Crippen MR) is 50.5 cm³/mol. The van der Waals surface area contributed by atoms with Gasteiger partial charge >= 0.3 is 0 Å². The number of H-pyrrole nitrogens is 1. The molecule has 0 aliphatic carbocycles. The maximum Gasteiger partial charge on any atom is 0.181 e. The lowest BCUT2D eigenvalue weighted by atomic mass is 10.2. The number of terminal acetylenes is 1. The highest BCUT2D eigenvalue weighted by Gasteiger charge is 2.11. The van der Waals surface area contributed by atoms with E-state index in [0.29, 0.717) is 11.4 Å². The van der Waals surface area contributed by atoms with E-state index in [4.69, 9.17) is 6.42 Å². The number of aryl methyl sites for hydroxylation is 1. The van der Waals surface area contributed by atoms with Crippen molar-refractivity contribution in [2.45, 2.75) is 26.7 Å². The molecule has 0 bridgehead atoms. The first-order chi connectivity index (χ1) is 6.19. The highest BCUT2D eigenvalue weighted by Crippen LogP contribution is 2.07. The lowest BCUT2D eigenvalue weighted by Gasteiger charge is -1.87. The van der Waals surface area contributed by atoms with Crippen LogP contribution >= 0.6 is 0 Å². The van der Waals surface area contributed by atoms with Gasteiger partial charge in [0.1, 0.15) is 17.2 Å². The fourth-order valence-corrected chi connectivity index (χ4v) is 1.14. The van der Waals surface area contributed by atoms with Crippen LogP contribution in [0, 0.1) is 12.3 Å². The van der Waals surface area contributed by atoms with Crippen LogP contribution < -0.4 is 0 Å². The van der Waals surface area contributed by atoms with Crippen molar-refractivity contribution >= 4 is 5.78 Å².